The maximum atomic E-state index is 13.0. The molecule has 3 rings (SSSR count). The van der Waals surface area contributed by atoms with Crippen LogP contribution in [-0.2, 0) is 0 Å². The number of piperazine rings is 1. The molecule has 0 bridgehead atoms. The Morgan fingerprint density at radius 1 is 1.10 bits per heavy atom. The number of carbonyl (C=O) groups excluding carboxylic acids is 1. The molecule has 0 spiro atoms. The fourth-order valence-electron chi connectivity index (χ4n) is 3.50. The fourth-order valence-corrected chi connectivity index (χ4v) is 3.88. The van der Waals surface area contributed by atoms with Gasteiger partial charge in [-0.25, -0.2) is 0 Å². The highest BCUT2D eigenvalue weighted by atomic mass is 35.5. The van der Waals surface area contributed by atoms with E-state index in [-0.39, 0.29) is 11.6 Å². The normalized spacial score (nSPS) is 13.9. The average molecular weight is 420 g/mol. The smallest absolute Gasteiger partial charge is 0.271 e. The van der Waals surface area contributed by atoms with Gasteiger partial charge in [0.15, 0.2) is 0 Å². The third kappa shape index (κ3) is 4.22. The fraction of sp³-hybridized carbons (Fsp3) is 0.350. The van der Waals surface area contributed by atoms with Gasteiger partial charge in [0, 0.05) is 44.4 Å². The zero-order valence-corrected chi connectivity index (χ0v) is 17.2. The number of non-ortho nitro benzene ring substituents is 1. The molecule has 2 aromatic rings. The Morgan fingerprint density at radius 2 is 1.79 bits per heavy atom. The minimum Gasteiger partial charge on any atom is -0.497 e. The lowest BCUT2D eigenvalue weighted by Gasteiger charge is -2.37. The Morgan fingerprint density at radius 3 is 2.34 bits per heavy atom. The summed E-state index contributed by atoms with van der Waals surface area (Å²) in [6.45, 7) is 3.95. The number of halogens is 1. The first-order valence-corrected chi connectivity index (χ1v) is 9.44. The summed E-state index contributed by atoms with van der Waals surface area (Å²) in [7, 11) is 3.07. The number of nitrogens with zero attached hydrogens (tertiary/aromatic N) is 3. The average Bonchev–Trinajstić information content (AvgIpc) is 2.72. The summed E-state index contributed by atoms with van der Waals surface area (Å²) in [5, 5.41) is 11.4. The second-order valence-electron chi connectivity index (χ2n) is 6.70. The third-order valence-electron chi connectivity index (χ3n) is 4.97. The Labute approximate surface area is 173 Å². The molecule has 1 fully saturated rings. The van der Waals surface area contributed by atoms with Crippen LogP contribution < -0.4 is 14.4 Å². The number of nitro benzene ring substituents is 1. The molecular formula is C20H22ClN3O5. The lowest BCUT2D eigenvalue weighted by atomic mass is 10.1. The van der Waals surface area contributed by atoms with Crippen molar-refractivity contribution in [1.82, 2.24) is 4.90 Å². The zero-order chi connectivity index (χ0) is 21.1. The van der Waals surface area contributed by atoms with Crippen molar-refractivity contribution in [2.24, 2.45) is 0 Å². The first-order valence-electron chi connectivity index (χ1n) is 9.06. The van der Waals surface area contributed by atoms with Gasteiger partial charge in [-0.2, -0.15) is 0 Å². The SMILES string of the molecule is COc1ccc(C(=O)N2CCN(c3c(C)cc([N+](=O)[O-])cc3Cl)CC2)c(OC)c1. The summed E-state index contributed by atoms with van der Waals surface area (Å²) >= 11 is 6.32. The largest absolute Gasteiger partial charge is 0.497 e. The zero-order valence-electron chi connectivity index (χ0n) is 16.5. The van der Waals surface area contributed by atoms with Gasteiger partial charge in [-0.15, -0.1) is 0 Å². The minimum absolute atomic E-state index is 0.0309. The van der Waals surface area contributed by atoms with Gasteiger partial charge in [-0.05, 0) is 24.6 Å². The summed E-state index contributed by atoms with van der Waals surface area (Å²) in [5.74, 6) is 0.966. The maximum absolute atomic E-state index is 13.0. The van der Waals surface area contributed by atoms with Crippen LogP contribution in [0.15, 0.2) is 30.3 Å². The Kier molecular flexibility index (Phi) is 6.12. The van der Waals surface area contributed by atoms with E-state index in [1.54, 1.807) is 37.1 Å². The Balaban J connectivity index is 1.74. The van der Waals surface area contributed by atoms with E-state index in [0.29, 0.717) is 48.3 Å². The van der Waals surface area contributed by atoms with E-state index in [0.717, 1.165) is 11.3 Å². The molecule has 1 heterocycles. The lowest BCUT2D eigenvalue weighted by Crippen LogP contribution is -2.49. The number of hydrogen-bond acceptors (Lipinski definition) is 6. The first-order chi connectivity index (χ1) is 13.8. The van der Waals surface area contributed by atoms with E-state index in [2.05, 4.69) is 4.90 Å². The van der Waals surface area contributed by atoms with Gasteiger partial charge in [0.05, 0.1) is 35.4 Å². The quantitative estimate of drug-likeness (QED) is 0.544. The molecule has 1 aliphatic rings. The highest BCUT2D eigenvalue weighted by Crippen LogP contribution is 2.34. The van der Waals surface area contributed by atoms with Crippen LogP contribution in [0, 0.1) is 17.0 Å². The minimum atomic E-state index is -0.457. The van der Waals surface area contributed by atoms with Crippen LogP contribution in [-0.4, -0.2) is 56.1 Å². The molecule has 0 radical (unpaired) electrons. The molecule has 0 atom stereocenters. The van der Waals surface area contributed by atoms with Gasteiger partial charge in [0.25, 0.3) is 11.6 Å². The Bertz CT molecular complexity index is 919. The van der Waals surface area contributed by atoms with Crippen molar-refractivity contribution in [1.29, 1.82) is 0 Å². The van der Waals surface area contributed by atoms with Crippen LogP contribution >= 0.6 is 11.6 Å². The van der Waals surface area contributed by atoms with E-state index >= 15 is 0 Å². The topological polar surface area (TPSA) is 85.2 Å². The third-order valence-corrected chi connectivity index (χ3v) is 5.26. The van der Waals surface area contributed by atoms with Crippen molar-refractivity contribution >= 4 is 28.9 Å². The van der Waals surface area contributed by atoms with Crippen LogP contribution in [0.1, 0.15) is 15.9 Å². The summed E-state index contributed by atoms with van der Waals surface area (Å²) in [6, 6.07) is 7.99. The van der Waals surface area contributed by atoms with Gasteiger partial charge < -0.3 is 19.3 Å². The van der Waals surface area contributed by atoms with Crippen molar-refractivity contribution < 1.29 is 19.2 Å². The number of hydrogen-bond donors (Lipinski definition) is 0. The van der Waals surface area contributed by atoms with E-state index in [1.807, 2.05) is 0 Å². The first kappa shape index (κ1) is 20.7. The lowest BCUT2D eigenvalue weighted by molar-refractivity contribution is -0.384. The molecule has 2 aromatic carbocycles. The van der Waals surface area contributed by atoms with Gasteiger partial charge >= 0.3 is 0 Å². The highest BCUT2D eigenvalue weighted by molar-refractivity contribution is 6.33. The van der Waals surface area contributed by atoms with Crippen LogP contribution in [0.5, 0.6) is 11.5 Å². The monoisotopic (exact) mass is 419 g/mol. The van der Waals surface area contributed by atoms with Crippen LogP contribution in [0.3, 0.4) is 0 Å². The summed E-state index contributed by atoms with van der Waals surface area (Å²) in [4.78, 5) is 27.3. The van der Waals surface area contributed by atoms with Crippen LogP contribution in [0.2, 0.25) is 5.02 Å². The highest BCUT2D eigenvalue weighted by Gasteiger charge is 2.27. The van der Waals surface area contributed by atoms with E-state index < -0.39 is 4.92 Å². The van der Waals surface area contributed by atoms with Crippen LogP contribution in [0.25, 0.3) is 0 Å². The molecule has 1 saturated heterocycles. The van der Waals surface area contributed by atoms with Crippen molar-refractivity contribution in [2.75, 3.05) is 45.3 Å². The number of carbonyl (C=O) groups is 1. The second kappa shape index (κ2) is 8.57. The van der Waals surface area contributed by atoms with E-state index in [1.165, 1.54) is 19.2 Å². The summed E-state index contributed by atoms with van der Waals surface area (Å²) < 4.78 is 10.5. The molecular weight excluding hydrogens is 398 g/mol. The molecule has 154 valence electrons. The number of nitro groups is 1. The summed E-state index contributed by atoms with van der Waals surface area (Å²) in [5.41, 5.74) is 1.95. The van der Waals surface area contributed by atoms with Crippen molar-refractivity contribution in [2.45, 2.75) is 6.92 Å². The number of benzene rings is 2. The van der Waals surface area contributed by atoms with Gasteiger partial charge in [0.2, 0.25) is 0 Å². The van der Waals surface area contributed by atoms with Crippen LogP contribution in [0.4, 0.5) is 11.4 Å². The van der Waals surface area contributed by atoms with E-state index in [4.69, 9.17) is 21.1 Å². The number of ether oxygens (including phenoxy) is 2. The molecule has 0 saturated carbocycles. The predicted molar refractivity (Wildman–Crippen MR) is 111 cm³/mol. The number of rotatable bonds is 5. The van der Waals surface area contributed by atoms with Crippen molar-refractivity contribution in [3.05, 3.63) is 56.6 Å². The number of methoxy groups -OCH3 is 2. The van der Waals surface area contributed by atoms with Gasteiger partial charge in [0.1, 0.15) is 11.5 Å². The number of anilines is 1. The predicted octanol–water partition coefficient (Wildman–Crippen LogP) is 3.54. The number of aryl methyl sites for hydroxylation is 1. The molecule has 1 amide bonds. The standard InChI is InChI=1S/C20H22ClN3O5/c1-13-10-14(24(26)27)11-17(21)19(13)22-6-8-23(9-7-22)20(25)16-5-4-15(28-2)12-18(16)29-3/h4-5,10-12H,6-9H2,1-3H3. The molecule has 9 heteroatoms. The molecule has 0 N–H and O–H groups in total. The van der Waals surface area contributed by atoms with Crippen molar-refractivity contribution in [3.63, 3.8) is 0 Å². The van der Waals surface area contributed by atoms with Gasteiger partial charge in [-0.3, -0.25) is 14.9 Å². The Hall–Kier alpha value is -3.00. The molecule has 0 aromatic heterocycles. The molecule has 1 aliphatic heterocycles. The molecule has 0 aliphatic carbocycles. The maximum Gasteiger partial charge on any atom is 0.271 e. The molecule has 0 unspecified atom stereocenters. The second-order valence-corrected chi connectivity index (χ2v) is 7.10. The van der Waals surface area contributed by atoms with Crippen molar-refractivity contribution in [3.8, 4) is 11.5 Å². The van der Waals surface area contributed by atoms with E-state index in [9.17, 15) is 14.9 Å². The molecule has 29 heavy (non-hydrogen) atoms. The summed E-state index contributed by atoms with van der Waals surface area (Å²) in [6.07, 6.45) is 0. The molecule has 8 nitrogen and oxygen atoms in total. The number of amides is 1. The van der Waals surface area contributed by atoms with Gasteiger partial charge in [-0.1, -0.05) is 11.6 Å².